The number of non-ortho nitro benzene ring substituents is 1. The molecule has 0 radical (unpaired) electrons. The van der Waals surface area contributed by atoms with Gasteiger partial charge in [0.15, 0.2) is 0 Å². The van der Waals surface area contributed by atoms with E-state index in [2.05, 4.69) is 4.98 Å². The van der Waals surface area contributed by atoms with Crippen LogP contribution in [-0.2, 0) is 0 Å². The van der Waals surface area contributed by atoms with E-state index in [0.29, 0.717) is 5.03 Å². The van der Waals surface area contributed by atoms with E-state index in [9.17, 15) is 14.9 Å². The van der Waals surface area contributed by atoms with Crippen molar-refractivity contribution in [1.82, 2.24) is 4.98 Å². The fourth-order valence-electron chi connectivity index (χ4n) is 1.57. The maximum Gasteiger partial charge on any atom is 0.483 e. The zero-order chi connectivity index (χ0) is 16.3. The fraction of sp³-hybridized carbons (Fsp3) is 0. The van der Waals surface area contributed by atoms with Crippen molar-refractivity contribution in [1.29, 1.82) is 0 Å². The van der Waals surface area contributed by atoms with Gasteiger partial charge in [0.25, 0.3) is 5.69 Å². The standard InChI is InChI=1S/C12H10N2O6PS/c15-12(21(18,19)20)9-7-8(14(16)17)4-5-10(9)22-11-3-1-2-6-13-11/h1-7,18-20H/q+1. The van der Waals surface area contributed by atoms with Gasteiger partial charge in [0, 0.05) is 23.2 Å². The van der Waals surface area contributed by atoms with Gasteiger partial charge in [-0.1, -0.05) is 17.8 Å². The first-order valence-corrected chi connectivity index (χ1v) is 8.25. The molecule has 114 valence electrons. The van der Waals surface area contributed by atoms with Gasteiger partial charge in [-0.15, -0.1) is 0 Å². The third-order valence-electron chi connectivity index (χ3n) is 2.53. The molecule has 2 aromatic rings. The van der Waals surface area contributed by atoms with Gasteiger partial charge in [-0.25, -0.2) is 9.78 Å². The molecule has 0 fully saturated rings. The molecule has 0 atom stereocenters. The van der Waals surface area contributed by atoms with Crippen molar-refractivity contribution >= 4 is 30.9 Å². The van der Waals surface area contributed by atoms with Crippen LogP contribution in [0.2, 0.25) is 0 Å². The Hall–Kier alpha value is -1.90. The number of hydrogen-bond donors (Lipinski definition) is 3. The largest absolute Gasteiger partial charge is 0.483 e. The van der Waals surface area contributed by atoms with Gasteiger partial charge < -0.3 is 0 Å². The predicted octanol–water partition coefficient (Wildman–Crippen LogP) is 2.02. The summed E-state index contributed by atoms with van der Waals surface area (Å²) in [5.41, 5.74) is -2.09. The average Bonchev–Trinajstić information content (AvgIpc) is 2.47. The molecule has 0 bridgehead atoms. The van der Waals surface area contributed by atoms with Crippen molar-refractivity contribution in [3.63, 3.8) is 0 Å². The molecule has 0 aliphatic carbocycles. The molecule has 0 aliphatic rings. The molecule has 0 amide bonds. The van der Waals surface area contributed by atoms with Gasteiger partial charge in [-0.3, -0.25) is 10.1 Å². The number of carbonyl (C=O) groups excluding carboxylic acids is 1. The highest BCUT2D eigenvalue weighted by atomic mass is 32.2. The molecule has 8 nitrogen and oxygen atoms in total. The van der Waals surface area contributed by atoms with Crippen LogP contribution >= 0.6 is 19.7 Å². The molecule has 3 N–H and O–H groups in total. The van der Waals surface area contributed by atoms with E-state index in [1.807, 2.05) is 0 Å². The van der Waals surface area contributed by atoms with Gasteiger partial charge in [0.1, 0.15) is 5.03 Å². The zero-order valence-corrected chi connectivity index (χ0v) is 12.6. The van der Waals surface area contributed by atoms with Crippen molar-refractivity contribution in [2.75, 3.05) is 0 Å². The van der Waals surface area contributed by atoms with Crippen molar-refractivity contribution in [2.45, 2.75) is 9.92 Å². The highest BCUT2D eigenvalue weighted by Gasteiger charge is 2.45. The Morgan fingerprint density at radius 3 is 2.50 bits per heavy atom. The van der Waals surface area contributed by atoms with E-state index in [1.165, 1.54) is 18.3 Å². The summed E-state index contributed by atoms with van der Waals surface area (Å²) in [6.07, 6.45) is 1.52. The second-order valence-electron chi connectivity index (χ2n) is 4.08. The molecule has 0 aliphatic heterocycles. The van der Waals surface area contributed by atoms with E-state index in [0.717, 1.165) is 17.8 Å². The van der Waals surface area contributed by atoms with Crippen molar-refractivity contribution in [2.24, 2.45) is 0 Å². The number of aromatic nitrogens is 1. The molecule has 0 spiro atoms. The first-order chi connectivity index (χ1) is 10.3. The maximum atomic E-state index is 11.9. The topological polar surface area (TPSA) is 134 Å². The van der Waals surface area contributed by atoms with Crippen LogP contribution < -0.4 is 0 Å². The lowest BCUT2D eigenvalue weighted by Crippen LogP contribution is -2.07. The van der Waals surface area contributed by atoms with Crippen LogP contribution in [0.3, 0.4) is 0 Å². The van der Waals surface area contributed by atoms with Crippen LogP contribution in [0.15, 0.2) is 52.5 Å². The molecule has 22 heavy (non-hydrogen) atoms. The Morgan fingerprint density at radius 1 is 1.23 bits per heavy atom. The predicted molar refractivity (Wildman–Crippen MR) is 79.4 cm³/mol. The van der Waals surface area contributed by atoms with Crippen LogP contribution in [-0.4, -0.2) is 30.1 Å². The molecule has 2 rings (SSSR count). The Morgan fingerprint density at radius 2 is 1.95 bits per heavy atom. The number of nitrogens with zero attached hydrogens (tertiary/aromatic N) is 2. The minimum absolute atomic E-state index is 0.218. The zero-order valence-electron chi connectivity index (χ0n) is 10.9. The summed E-state index contributed by atoms with van der Waals surface area (Å²) in [5, 5.41) is 11.3. The first-order valence-electron chi connectivity index (χ1n) is 5.78. The molecule has 1 aromatic heterocycles. The Bertz CT molecular complexity index is 719. The van der Waals surface area contributed by atoms with Gasteiger partial charge in [-0.2, -0.15) is 14.7 Å². The Labute approximate surface area is 129 Å². The van der Waals surface area contributed by atoms with Crippen LogP contribution in [0, 0.1) is 10.1 Å². The Kier molecular flexibility index (Phi) is 4.84. The second-order valence-corrected chi connectivity index (χ2v) is 6.69. The third-order valence-corrected chi connectivity index (χ3v) is 4.34. The van der Waals surface area contributed by atoms with E-state index in [-0.39, 0.29) is 10.5 Å². The molecular weight excluding hydrogens is 331 g/mol. The quantitative estimate of drug-likeness (QED) is 0.427. The van der Waals surface area contributed by atoms with Crippen LogP contribution in [0.1, 0.15) is 10.4 Å². The number of nitro benzene ring substituents is 1. The van der Waals surface area contributed by atoms with Crippen LogP contribution in [0.5, 0.6) is 0 Å². The van der Waals surface area contributed by atoms with Crippen molar-refractivity contribution < 1.29 is 24.4 Å². The molecule has 1 heterocycles. The number of benzene rings is 1. The highest BCUT2D eigenvalue weighted by molar-refractivity contribution is 7.99. The second kappa shape index (κ2) is 6.47. The van der Waals surface area contributed by atoms with E-state index in [1.54, 1.807) is 18.2 Å². The smallest absolute Gasteiger partial charge is 0.258 e. The minimum Gasteiger partial charge on any atom is -0.258 e. The van der Waals surface area contributed by atoms with Gasteiger partial charge in [0.2, 0.25) is 0 Å². The first kappa shape index (κ1) is 16.5. The average molecular weight is 341 g/mol. The molecular formula is C12H10N2O6PS+. The number of pyridine rings is 1. The highest BCUT2D eigenvalue weighted by Crippen LogP contribution is 2.50. The summed E-state index contributed by atoms with van der Waals surface area (Å²) >= 11 is 1.01. The van der Waals surface area contributed by atoms with Crippen LogP contribution in [0.4, 0.5) is 5.69 Å². The van der Waals surface area contributed by atoms with Crippen molar-refractivity contribution in [3.8, 4) is 0 Å². The lowest BCUT2D eigenvalue weighted by molar-refractivity contribution is -0.384. The number of hydrogen-bond acceptors (Lipinski definition) is 8. The Balaban J connectivity index is 2.49. The van der Waals surface area contributed by atoms with E-state index >= 15 is 0 Å². The summed E-state index contributed by atoms with van der Waals surface area (Å²) in [6.45, 7) is 0. The van der Waals surface area contributed by atoms with E-state index in [4.69, 9.17) is 14.7 Å². The summed E-state index contributed by atoms with van der Waals surface area (Å²) in [6, 6.07) is 8.42. The minimum atomic E-state index is -4.81. The molecule has 10 heteroatoms. The number of carbonyl (C=O) groups is 1. The summed E-state index contributed by atoms with van der Waals surface area (Å²) in [5.74, 6) is 0. The summed E-state index contributed by atoms with van der Waals surface area (Å²) in [7, 11) is -4.81. The normalized spacial score (nSPS) is 11.2. The molecule has 1 aromatic carbocycles. The molecule has 0 saturated heterocycles. The maximum absolute atomic E-state index is 11.9. The van der Waals surface area contributed by atoms with Crippen LogP contribution in [0.25, 0.3) is 0 Å². The lowest BCUT2D eigenvalue weighted by atomic mass is 10.2. The van der Waals surface area contributed by atoms with Gasteiger partial charge in [0.05, 0.1) is 10.5 Å². The van der Waals surface area contributed by atoms with Gasteiger partial charge in [-0.05, 0) is 18.2 Å². The summed E-state index contributed by atoms with van der Waals surface area (Å²) in [4.78, 5) is 53.6. The van der Waals surface area contributed by atoms with E-state index < -0.39 is 24.1 Å². The SMILES string of the molecule is O=C(c1cc([N+](=O)[O-])ccc1Sc1ccccn1)[P+](O)(O)O. The lowest BCUT2D eigenvalue weighted by Gasteiger charge is -2.07. The summed E-state index contributed by atoms with van der Waals surface area (Å²) < 4.78 is 0. The third kappa shape index (κ3) is 3.85. The molecule has 0 unspecified atom stereocenters. The number of rotatable bonds is 5. The fourth-order valence-corrected chi connectivity index (χ4v) is 3.04. The number of nitro groups is 1. The molecule has 0 saturated carbocycles. The monoisotopic (exact) mass is 341 g/mol. The van der Waals surface area contributed by atoms with Crippen molar-refractivity contribution in [3.05, 3.63) is 58.3 Å². The van der Waals surface area contributed by atoms with Gasteiger partial charge >= 0.3 is 13.5 Å².